The smallest absolute Gasteiger partial charge is 0.224 e. The van der Waals surface area contributed by atoms with E-state index in [4.69, 9.17) is 0 Å². The molecule has 4 heteroatoms. The lowest BCUT2D eigenvalue weighted by molar-refractivity contribution is -0.120. The molecular formula is C16H16N2O2. The van der Waals surface area contributed by atoms with Crippen LogP contribution in [0.1, 0.15) is 5.56 Å². The Morgan fingerprint density at radius 1 is 1.10 bits per heavy atom. The van der Waals surface area contributed by atoms with Crippen LogP contribution in [0.3, 0.4) is 0 Å². The first-order valence-corrected chi connectivity index (χ1v) is 6.33. The molecule has 0 aliphatic rings. The van der Waals surface area contributed by atoms with E-state index in [-0.39, 0.29) is 12.3 Å². The first kappa shape index (κ1) is 13.8. The first-order valence-electron chi connectivity index (χ1n) is 6.33. The zero-order chi connectivity index (χ0) is 14.4. The van der Waals surface area contributed by atoms with Gasteiger partial charge in [-0.1, -0.05) is 36.4 Å². The first-order chi connectivity index (χ1) is 9.74. The van der Waals surface area contributed by atoms with Crippen LogP contribution in [0.5, 0.6) is 0 Å². The fourth-order valence-electron chi connectivity index (χ4n) is 2.02. The third kappa shape index (κ3) is 3.23. The molecule has 0 saturated carbocycles. The van der Waals surface area contributed by atoms with Gasteiger partial charge in [-0.3, -0.25) is 9.59 Å². The normalized spacial score (nSPS) is 9.85. The summed E-state index contributed by atoms with van der Waals surface area (Å²) >= 11 is 0. The van der Waals surface area contributed by atoms with Gasteiger partial charge in [-0.2, -0.15) is 0 Å². The zero-order valence-electron chi connectivity index (χ0n) is 11.2. The molecule has 0 heterocycles. The van der Waals surface area contributed by atoms with Gasteiger partial charge in [0, 0.05) is 12.7 Å². The van der Waals surface area contributed by atoms with Gasteiger partial charge in [0.1, 0.15) is 0 Å². The molecule has 0 aromatic heterocycles. The molecule has 0 atom stereocenters. The van der Waals surface area contributed by atoms with E-state index in [0.717, 1.165) is 16.7 Å². The molecule has 2 aromatic rings. The third-order valence-corrected chi connectivity index (χ3v) is 3.06. The maximum Gasteiger partial charge on any atom is 0.224 e. The van der Waals surface area contributed by atoms with Crippen LogP contribution >= 0.6 is 0 Å². The Bertz CT molecular complexity index is 609. The van der Waals surface area contributed by atoms with Crippen molar-refractivity contribution in [3.05, 3.63) is 54.1 Å². The molecule has 102 valence electrons. The second kappa shape index (κ2) is 6.52. The topological polar surface area (TPSA) is 58.2 Å². The van der Waals surface area contributed by atoms with E-state index < -0.39 is 0 Å². The Morgan fingerprint density at radius 3 is 2.50 bits per heavy atom. The molecular weight excluding hydrogens is 252 g/mol. The molecule has 0 radical (unpaired) electrons. The van der Waals surface area contributed by atoms with Gasteiger partial charge < -0.3 is 10.6 Å². The minimum absolute atomic E-state index is 0.0934. The van der Waals surface area contributed by atoms with E-state index in [1.807, 2.05) is 48.5 Å². The van der Waals surface area contributed by atoms with Crippen LogP contribution in [0.2, 0.25) is 0 Å². The predicted octanol–water partition coefficient (Wildman–Crippen LogP) is 2.21. The highest BCUT2D eigenvalue weighted by Gasteiger charge is 2.08. The van der Waals surface area contributed by atoms with Crippen molar-refractivity contribution in [2.24, 2.45) is 0 Å². The highest BCUT2D eigenvalue weighted by Crippen LogP contribution is 2.25. The van der Waals surface area contributed by atoms with Crippen molar-refractivity contribution in [1.82, 2.24) is 5.32 Å². The van der Waals surface area contributed by atoms with Gasteiger partial charge in [0.2, 0.25) is 12.3 Å². The van der Waals surface area contributed by atoms with Crippen molar-refractivity contribution in [3.63, 3.8) is 0 Å². The van der Waals surface area contributed by atoms with Gasteiger partial charge >= 0.3 is 0 Å². The molecule has 0 aliphatic heterocycles. The number of hydrogen-bond donors (Lipinski definition) is 2. The van der Waals surface area contributed by atoms with E-state index in [0.29, 0.717) is 12.1 Å². The molecule has 0 spiro atoms. The van der Waals surface area contributed by atoms with E-state index in [2.05, 4.69) is 10.6 Å². The van der Waals surface area contributed by atoms with Crippen LogP contribution < -0.4 is 10.6 Å². The lowest BCUT2D eigenvalue weighted by Gasteiger charge is -2.10. The van der Waals surface area contributed by atoms with Crippen LogP contribution in [-0.4, -0.2) is 19.4 Å². The summed E-state index contributed by atoms with van der Waals surface area (Å²) in [5.74, 6) is -0.0934. The van der Waals surface area contributed by atoms with Gasteiger partial charge in [-0.15, -0.1) is 0 Å². The van der Waals surface area contributed by atoms with Crippen molar-refractivity contribution < 1.29 is 9.59 Å². The fourth-order valence-corrected chi connectivity index (χ4v) is 2.02. The Labute approximate surface area is 117 Å². The van der Waals surface area contributed by atoms with Gasteiger partial charge in [0.25, 0.3) is 0 Å². The average molecular weight is 268 g/mol. The number of anilines is 1. The molecule has 0 unspecified atom stereocenters. The molecule has 0 saturated heterocycles. The zero-order valence-corrected chi connectivity index (χ0v) is 11.2. The fraction of sp³-hybridized carbons (Fsp3) is 0.125. The van der Waals surface area contributed by atoms with Crippen molar-refractivity contribution in [3.8, 4) is 11.1 Å². The summed E-state index contributed by atoms with van der Waals surface area (Å²) in [4.78, 5) is 22.2. The molecule has 20 heavy (non-hydrogen) atoms. The number of amides is 2. The number of carbonyl (C=O) groups is 2. The second-order valence-electron chi connectivity index (χ2n) is 4.35. The molecule has 2 aromatic carbocycles. The van der Waals surface area contributed by atoms with Crippen molar-refractivity contribution in [2.45, 2.75) is 6.42 Å². The van der Waals surface area contributed by atoms with Crippen molar-refractivity contribution in [2.75, 3.05) is 12.4 Å². The summed E-state index contributed by atoms with van der Waals surface area (Å²) in [7, 11) is 1.59. The van der Waals surface area contributed by atoms with Crippen molar-refractivity contribution >= 4 is 18.0 Å². The SMILES string of the molecule is CNC(=O)Cc1cc(-c2ccccc2)ccc1NC=O. The largest absolute Gasteiger partial charge is 0.359 e. The lowest BCUT2D eigenvalue weighted by Crippen LogP contribution is -2.20. The number of nitrogens with one attached hydrogen (secondary N) is 2. The minimum atomic E-state index is -0.0934. The third-order valence-electron chi connectivity index (χ3n) is 3.06. The molecule has 2 amide bonds. The number of benzene rings is 2. The van der Waals surface area contributed by atoms with E-state index in [1.54, 1.807) is 7.05 Å². The summed E-state index contributed by atoms with van der Waals surface area (Å²) in [6.07, 6.45) is 0.845. The maximum absolute atomic E-state index is 11.6. The number of carbonyl (C=O) groups excluding carboxylic acids is 2. The minimum Gasteiger partial charge on any atom is -0.359 e. The van der Waals surface area contributed by atoms with Gasteiger partial charge in [-0.25, -0.2) is 0 Å². The summed E-state index contributed by atoms with van der Waals surface area (Å²) < 4.78 is 0. The Balaban J connectivity index is 2.39. The predicted molar refractivity (Wildman–Crippen MR) is 79.3 cm³/mol. The summed E-state index contributed by atoms with van der Waals surface area (Å²) in [6.45, 7) is 0. The van der Waals surface area contributed by atoms with E-state index in [1.165, 1.54) is 0 Å². The monoisotopic (exact) mass is 268 g/mol. The van der Waals surface area contributed by atoms with E-state index >= 15 is 0 Å². The maximum atomic E-state index is 11.6. The average Bonchev–Trinajstić information content (AvgIpc) is 2.50. The number of rotatable bonds is 5. The summed E-state index contributed by atoms with van der Waals surface area (Å²) in [5.41, 5.74) is 3.53. The van der Waals surface area contributed by atoms with E-state index in [9.17, 15) is 9.59 Å². The summed E-state index contributed by atoms with van der Waals surface area (Å²) in [6, 6.07) is 15.6. The summed E-state index contributed by atoms with van der Waals surface area (Å²) in [5, 5.41) is 5.21. The Morgan fingerprint density at radius 2 is 1.85 bits per heavy atom. The van der Waals surface area contributed by atoms with Crippen LogP contribution in [-0.2, 0) is 16.0 Å². The molecule has 4 nitrogen and oxygen atoms in total. The van der Waals surface area contributed by atoms with Crippen LogP contribution in [0.15, 0.2) is 48.5 Å². The highest BCUT2D eigenvalue weighted by molar-refractivity contribution is 5.84. The molecule has 0 bridgehead atoms. The quantitative estimate of drug-likeness (QED) is 0.817. The highest BCUT2D eigenvalue weighted by atomic mass is 16.1. The Hall–Kier alpha value is -2.62. The lowest BCUT2D eigenvalue weighted by atomic mass is 10.00. The van der Waals surface area contributed by atoms with Gasteiger partial charge in [-0.05, 0) is 28.8 Å². The van der Waals surface area contributed by atoms with Gasteiger partial charge in [0.05, 0.1) is 6.42 Å². The van der Waals surface area contributed by atoms with Crippen LogP contribution in [0.25, 0.3) is 11.1 Å². The van der Waals surface area contributed by atoms with Crippen LogP contribution in [0.4, 0.5) is 5.69 Å². The molecule has 0 fully saturated rings. The second-order valence-corrected chi connectivity index (χ2v) is 4.35. The molecule has 0 aliphatic carbocycles. The standard InChI is InChI=1S/C16H16N2O2/c1-17-16(20)10-14-9-13(7-8-15(14)18-11-19)12-5-3-2-4-6-12/h2-9,11H,10H2,1H3,(H,17,20)(H,18,19). The van der Waals surface area contributed by atoms with Crippen molar-refractivity contribution in [1.29, 1.82) is 0 Å². The van der Waals surface area contributed by atoms with Crippen LogP contribution in [0, 0.1) is 0 Å². The number of hydrogen-bond acceptors (Lipinski definition) is 2. The Kier molecular flexibility index (Phi) is 4.50. The van der Waals surface area contributed by atoms with Gasteiger partial charge in [0.15, 0.2) is 0 Å². The molecule has 2 rings (SSSR count). The number of likely N-dealkylation sites (N-methyl/N-ethyl adjacent to an activating group) is 1. The molecule has 2 N–H and O–H groups in total.